The van der Waals surface area contributed by atoms with Crippen molar-refractivity contribution in [1.82, 2.24) is 14.9 Å². The van der Waals surface area contributed by atoms with Gasteiger partial charge in [-0.2, -0.15) is 0 Å². The molecule has 1 heterocycles. The van der Waals surface area contributed by atoms with E-state index in [4.69, 9.17) is 0 Å². The molecule has 3 heteroatoms. The predicted octanol–water partition coefficient (Wildman–Crippen LogP) is 2.37. The maximum atomic E-state index is 4.15. The van der Waals surface area contributed by atoms with Crippen LogP contribution in [0.15, 0.2) is 18.7 Å². The molecule has 1 aliphatic carbocycles. The second-order valence-electron chi connectivity index (χ2n) is 4.42. The zero-order valence-electron chi connectivity index (χ0n) is 9.52. The SMILES string of the molecule is CCCN[C@H]1CCCC[C@H]1n1ccnc1. The summed E-state index contributed by atoms with van der Waals surface area (Å²) >= 11 is 0. The topological polar surface area (TPSA) is 29.9 Å². The molecule has 84 valence electrons. The monoisotopic (exact) mass is 207 g/mol. The standard InChI is InChI=1S/C12H21N3/c1-2-7-14-11-5-3-4-6-12(11)15-9-8-13-10-15/h8-12,14H,2-7H2,1H3/t11-,12+/m0/s1. The van der Waals surface area contributed by atoms with Crippen molar-refractivity contribution in [2.45, 2.75) is 51.1 Å². The van der Waals surface area contributed by atoms with E-state index in [1.807, 2.05) is 12.5 Å². The summed E-state index contributed by atoms with van der Waals surface area (Å²) in [6.07, 6.45) is 12.5. The quantitative estimate of drug-likeness (QED) is 0.821. The van der Waals surface area contributed by atoms with E-state index in [0.717, 1.165) is 6.54 Å². The molecule has 1 fully saturated rings. The Bertz CT molecular complexity index is 268. The first-order valence-corrected chi connectivity index (χ1v) is 6.12. The van der Waals surface area contributed by atoms with Crippen LogP contribution in [0.2, 0.25) is 0 Å². The number of imidazole rings is 1. The Hall–Kier alpha value is -0.830. The fraction of sp³-hybridized carbons (Fsp3) is 0.750. The Labute approximate surface area is 91.9 Å². The third-order valence-electron chi connectivity index (χ3n) is 3.29. The number of rotatable bonds is 4. The second-order valence-corrected chi connectivity index (χ2v) is 4.42. The van der Waals surface area contributed by atoms with Crippen molar-refractivity contribution in [3.05, 3.63) is 18.7 Å². The molecule has 0 radical (unpaired) electrons. The molecule has 0 aromatic carbocycles. The van der Waals surface area contributed by atoms with Crippen LogP contribution in [-0.4, -0.2) is 22.1 Å². The van der Waals surface area contributed by atoms with Crippen molar-refractivity contribution in [2.75, 3.05) is 6.54 Å². The van der Waals surface area contributed by atoms with E-state index in [-0.39, 0.29) is 0 Å². The van der Waals surface area contributed by atoms with Gasteiger partial charge < -0.3 is 9.88 Å². The maximum absolute atomic E-state index is 4.15. The molecule has 1 aromatic heterocycles. The number of nitrogens with zero attached hydrogens (tertiary/aromatic N) is 2. The molecule has 0 aliphatic heterocycles. The highest BCUT2D eigenvalue weighted by atomic mass is 15.1. The molecule has 0 saturated heterocycles. The van der Waals surface area contributed by atoms with Crippen molar-refractivity contribution >= 4 is 0 Å². The van der Waals surface area contributed by atoms with Crippen LogP contribution in [0.25, 0.3) is 0 Å². The second kappa shape index (κ2) is 5.31. The molecule has 2 rings (SSSR count). The summed E-state index contributed by atoms with van der Waals surface area (Å²) < 4.78 is 2.27. The van der Waals surface area contributed by atoms with E-state index in [2.05, 4.69) is 28.0 Å². The molecule has 1 aliphatic rings. The lowest BCUT2D eigenvalue weighted by atomic mass is 9.90. The van der Waals surface area contributed by atoms with Gasteiger partial charge in [0, 0.05) is 24.5 Å². The lowest BCUT2D eigenvalue weighted by Gasteiger charge is -2.33. The fourth-order valence-electron chi connectivity index (χ4n) is 2.50. The maximum Gasteiger partial charge on any atom is 0.0949 e. The molecule has 3 nitrogen and oxygen atoms in total. The van der Waals surface area contributed by atoms with E-state index in [9.17, 15) is 0 Å². The van der Waals surface area contributed by atoms with Gasteiger partial charge in [-0.25, -0.2) is 4.98 Å². The number of hydrogen-bond donors (Lipinski definition) is 1. The molecule has 1 aromatic rings. The zero-order valence-corrected chi connectivity index (χ0v) is 9.52. The molecule has 1 N–H and O–H groups in total. The van der Waals surface area contributed by atoms with Crippen LogP contribution in [0.4, 0.5) is 0 Å². The van der Waals surface area contributed by atoms with Gasteiger partial charge in [0.15, 0.2) is 0 Å². The van der Waals surface area contributed by atoms with Crippen LogP contribution in [0.3, 0.4) is 0 Å². The van der Waals surface area contributed by atoms with Crippen molar-refractivity contribution in [2.24, 2.45) is 0 Å². The van der Waals surface area contributed by atoms with Crippen molar-refractivity contribution in [3.8, 4) is 0 Å². The van der Waals surface area contributed by atoms with Crippen LogP contribution >= 0.6 is 0 Å². The largest absolute Gasteiger partial charge is 0.333 e. The van der Waals surface area contributed by atoms with Gasteiger partial charge in [0.05, 0.1) is 6.33 Å². The zero-order chi connectivity index (χ0) is 10.5. The van der Waals surface area contributed by atoms with E-state index in [1.54, 1.807) is 0 Å². The molecule has 0 unspecified atom stereocenters. The van der Waals surface area contributed by atoms with Gasteiger partial charge in [-0.3, -0.25) is 0 Å². The Morgan fingerprint density at radius 1 is 1.40 bits per heavy atom. The minimum Gasteiger partial charge on any atom is -0.333 e. The average Bonchev–Trinajstić information content (AvgIpc) is 2.80. The van der Waals surface area contributed by atoms with E-state index in [1.165, 1.54) is 32.1 Å². The average molecular weight is 207 g/mol. The third kappa shape index (κ3) is 2.59. The Morgan fingerprint density at radius 2 is 2.27 bits per heavy atom. The molecular weight excluding hydrogens is 186 g/mol. The summed E-state index contributed by atoms with van der Waals surface area (Å²) in [6, 6.07) is 1.26. The third-order valence-corrected chi connectivity index (χ3v) is 3.29. The van der Waals surface area contributed by atoms with Crippen LogP contribution in [0, 0.1) is 0 Å². The highest BCUT2D eigenvalue weighted by Crippen LogP contribution is 2.28. The van der Waals surface area contributed by atoms with Crippen molar-refractivity contribution in [1.29, 1.82) is 0 Å². The summed E-state index contributed by atoms with van der Waals surface area (Å²) in [7, 11) is 0. The van der Waals surface area contributed by atoms with Gasteiger partial charge in [-0.15, -0.1) is 0 Å². The predicted molar refractivity (Wildman–Crippen MR) is 61.8 cm³/mol. The van der Waals surface area contributed by atoms with Crippen molar-refractivity contribution in [3.63, 3.8) is 0 Å². The van der Waals surface area contributed by atoms with Crippen LogP contribution in [0.5, 0.6) is 0 Å². The summed E-state index contributed by atoms with van der Waals surface area (Å²) in [5.74, 6) is 0. The molecule has 2 atom stereocenters. The summed E-state index contributed by atoms with van der Waals surface area (Å²) in [6.45, 7) is 3.36. The minimum absolute atomic E-state index is 0.618. The first kappa shape index (κ1) is 10.7. The fourth-order valence-corrected chi connectivity index (χ4v) is 2.50. The summed E-state index contributed by atoms with van der Waals surface area (Å²) in [5, 5.41) is 3.66. The smallest absolute Gasteiger partial charge is 0.0949 e. The van der Waals surface area contributed by atoms with Gasteiger partial charge >= 0.3 is 0 Å². The first-order chi connectivity index (χ1) is 7.42. The van der Waals surface area contributed by atoms with Gasteiger partial charge in [-0.1, -0.05) is 19.8 Å². The highest BCUT2D eigenvalue weighted by Gasteiger charge is 2.25. The minimum atomic E-state index is 0.618. The lowest BCUT2D eigenvalue weighted by Crippen LogP contribution is -2.39. The number of hydrogen-bond acceptors (Lipinski definition) is 2. The van der Waals surface area contributed by atoms with Crippen LogP contribution in [0.1, 0.15) is 45.1 Å². The summed E-state index contributed by atoms with van der Waals surface area (Å²) in [4.78, 5) is 4.15. The summed E-state index contributed by atoms with van der Waals surface area (Å²) in [5.41, 5.74) is 0. The van der Waals surface area contributed by atoms with E-state index < -0.39 is 0 Å². The normalized spacial score (nSPS) is 26.7. The van der Waals surface area contributed by atoms with Crippen molar-refractivity contribution < 1.29 is 0 Å². The Balaban J connectivity index is 1.99. The van der Waals surface area contributed by atoms with Gasteiger partial charge in [0.1, 0.15) is 0 Å². The van der Waals surface area contributed by atoms with Gasteiger partial charge in [-0.05, 0) is 25.8 Å². The van der Waals surface area contributed by atoms with E-state index >= 15 is 0 Å². The lowest BCUT2D eigenvalue weighted by molar-refractivity contribution is 0.263. The Kier molecular flexibility index (Phi) is 3.78. The van der Waals surface area contributed by atoms with E-state index in [0.29, 0.717) is 12.1 Å². The first-order valence-electron chi connectivity index (χ1n) is 6.12. The molecule has 1 saturated carbocycles. The highest BCUT2D eigenvalue weighted by molar-refractivity contribution is 4.89. The molecule has 15 heavy (non-hydrogen) atoms. The molecule has 0 spiro atoms. The molecule has 0 amide bonds. The van der Waals surface area contributed by atoms with Crippen LogP contribution in [-0.2, 0) is 0 Å². The van der Waals surface area contributed by atoms with Gasteiger partial charge in [0.25, 0.3) is 0 Å². The Morgan fingerprint density at radius 3 is 3.00 bits per heavy atom. The number of nitrogens with one attached hydrogen (secondary N) is 1. The number of aromatic nitrogens is 2. The molecule has 0 bridgehead atoms. The molecular formula is C12H21N3. The van der Waals surface area contributed by atoms with Crippen LogP contribution < -0.4 is 5.32 Å². The van der Waals surface area contributed by atoms with Gasteiger partial charge in [0.2, 0.25) is 0 Å².